The number of benzene rings is 3. The van der Waals surface area contributed by atoms with E-state index in [2.05, 4.69) is 45.4 Å². The fourth-order valence-electron chi connectivity index (χ4n) is 4.10. The van der Waals surface area contributed by atoms with E-state index in [0.717, 1.165) is 55.1 Å². The fourth-order valence-corrected chi connectivity index (χ4v) is 4.10. The first-order chi connectivity index (χ1) is 17.6. The molecule has 0 aliphatic carbocycles. The molecule has 4 rings (SSSR count). The number of para-hydroxylation sites is 2. The lowest BCUT2D eigenvalue weighted by molar-refractivity contribution is 0.102. The summed E-state index contributed by atoms with van der Waals surface area (Å²) < 4.78 is 10.7. The lowest BCUT2D eigenvalue weighted by Gasteiger charge is -2.17. The molecule has 0 spiro atoms. The molecule has 1 heterocycles. The summed E-state index contributed by atoms with van der Waals surface area (Å²) in [7, 11) is 5.44. The van der Waals surface area contributed by atoms with Gasteiger partial charge in [-0.3, -0.25) is 9.78 Å². The Morgan fingerprint density at radius 3 is 2.36 bits per heavy atom. The Kier molecular flexibility index (Phi) is 8.47. The first-order valence-corrected chi connectivity index (χ1v) is 12.1. The molecule has 1 N–H and O–H groups in total. The maximum Gasteiger partial charge on any atom is 0.275 e. The van der Waals surface area contributed by atoms with Crippen molar-refractivity contribution in [3.05, 3.63) is 89.7 Å². The molecular weight excluding hydrogens is 452 g/mol. The van der Waals surface area contributed by atoms with Crippen molar-refractivity contribution >= 4 is 22.6 Å². The van der Waals surface area contributed by atoms with Gasteiger partial charge in [0.2, 0.25) is 0 Å². The molecule has 3 aromatic carbocycles. The van der Waals surface area contributed by atoms with Crippen molar-refractivity contribution in [1.29, 1.82) is 0 Å². The first-order valence-electron chi connectivity index (χ1n) is 12.1. The van der Waals surface area contributed by atoms with Gasteiger partial charge >= 0.3 is 0 Å². The maximum atomic E-state index is 12.6. The molecule has 0 bridgehead atoms. The average molecular weight is 485 g/mol. The van der Waals surface area contributed by atoms with Crippen LogP contribution in [0.15, 0.2) is 72.9 Å². The fraction of sp³-hybridized carbons (Fsp3) is 0.276. The van der Waals surface area contributed by atoms with Crippen LogP contribution in [0.1, 0.15) is 34.5 Å². The average Bonchev–Trinajstić information content (AvgIpc) is 2.91. The Hall–Kier alpha value is -3.97. The van der Waals surface area contributed by atoms with Crippen LogP contribution in [-0.4, -0.2) is 48.6 Å². The summed E-state index contributed by atoms with van der Waals surface area (Å²) in [5, 5.41) is 2.91. The molecular formula is C29H32N4O3. The number of carbonyl (C=O) groups excluding carboxylic acids is 1. The van der Waals surface area contributed by atoms with Gasteiger partial charge in [-0.25, -0.2) is 4.98 Å². The van der Waals surface area contributed by atoms with Crippen LogP contribution in [0.3, 0.4) is 0 Å². The SMILES string of the molecule is COc1ccc(CN(C)CCCCc2ccc(NC(=O)c3cnc4ccccc4n3)cc2)cc1OC. The topological polar surface area (TPSA) is 76.6 Å². The van der Waals surface area contributed by atoms with E-state index in [1.54, 1.807) is 14.2 Å². The number of hydrogen-bond acceptors (Lipinski definition) is 6. The van der Waals surface area contributed by atoms with E-state index in [1.165, 1.54) is 17.3 Å². The van der Waals surface area contributed by atoms with Crippen LogP contribution in [0.5, 0.6) is 11.5 Å². The van der Waals surface area contributed by atoms with Crippen molar-refractivity contribution in [2.24, 2.45) is 0 Å². The second-order valence-electron chi connectivity index (χ2n) is 8.78. The van der Waals surface area contributed by atoms with Crippen molar-refractivity contribution in [2.45, 2.75) is 25.8 Å². The monoisotopic (exact) mass is 484 g/mol. The Labute approximate surface area is 212 Å². The quantitative estimate of drug-likeness (QED) is 0.289. The lowest BCUT2D eigenvalue weighted by atomic mass is 10.1. The summed E-state index contributed by atoms with van der Waals surface area (Å²) in [5.41, 5.74) is 4.97. The molecule has 0 saturated heterocycles. The molecule has 0 fully saturated rings. The van der Waals surface area contributed by atoms with Crippen LogP contribution in [-0.2, 0) is 13.0 Å². The molecule has 36 heavy (non-hydrogen) atoms. The zero-order valence-electron chi connectivity index (χ0n) is 21.0. The molecule has 0 atom stereocenters. The summed E-state index contributed by atoms with van der Waals surface area (Å²) in [6, 6.07) is 21.6. The highest BCUT2D eigenvalue weighted by atomic mass is 16.5. The number of methoxy groups -OCH3 is 2. The summed E-state index contributed by atoms with van der Waals surface area (Å²) in [4.78, 5) is 23.6. The second-order valence-corrected chi connectivity index (χ2v) is 8.78. The normalized spacial score (nSPS) is 11.0. The zero-order valence-corrected chi connectivity index (χ0v) is 21.0. The van der Waals surface area contributed by atoms with Gasteiger partial charge in [-0.05, 0) is 80.4 Å². The van der Waals surface area contributed by atoms with Gasteiger partial charge in [0.05, 0.1) is 31.4 Å². The Morgan fingerprint density at radius 2 is 1.61 bits per heavy atom. The number of nitrogens with zero attached hydrogens (tertiary/aromatic N) is 3. The third-order valence-corrected chi connectivity index (χ3v) is 6.05. The van der Waals surface area contributed by atoms with E-state index in [-0.39, 0.29) is 5.91 Å². The van der Waals surface area contributed by atoms with E-state index in [0.29, 0.717) is 11.2 Å². The first kappa shape index (κ1) is 25.1. The number of nitrogens with one attached hydrogen (secondary N) is 1. The van der Waals surface area contributed by atoms with Crippen molar-refractivity contribution in [2.75, 3.05) is 33.1 Å². The van der Waals surface area contributed by atoms with Gasteiger partial charge in [0.15, 0.2) is 11.5 Å². The minimum atomic E-state index is -0.265. The number of aryl methyl sites for hydroxylation is 1. The molecule has 0 aliphatic heterocycles. The van der Waals surface area contributed by atoms with E-state index >= 15 is 0 Å². The van der Waals surface area contributed by atoms with E-state index in [9.17, 15) is 4.79 Å². The highest BCUT2D eigenvalue weighted by Crippen LogP contribution is 2.28. The molecule has 4 aromatic rings. The molecule has 1 aromatic heterocycles. The lowest BCUT2D eigenvalue weighted by Crippen LogP contribution is -2.19. The maximum absolute atomic E-state index is 12.6. The summed E-state index contributed by atoms with van der Waals surface area (Å²) in [6.07, 6.45) is 4.69. The number of aromatic nitrogens is 2. The number of carbonyl (C=O) groups is 1. The van der Waals surface area contributed by atoms with Crippen LogP contribution in [0, 0.1) is 0 Å². The van der Waals surface area contributed by atoms with Crippen molar-refractivity contribution in [1.82, 2.24) is 14.9 Å². The van der Waals surface area contributed by atoms with Crippen LogP contribution in [0.2, 0.25) is 0 Å². The van der Waals surface area contributed by atoms with E-state index in [4.69, 9.17) is 9.47 Å². The predicted molar refractivity (Wildman–Crippen MR) is 143 cm³/mol. The number of fused-ring (bicyclic) bond motifs is 1. The molecule has 0 saturated carbocycles. The third-order valence-electron chi connectivity index (χ3n) is 6.05. The van der Waals surface area contributed by atoms with Crippen LogP contribution >= 0.6 is 0 Å². The Bertz CT molecular complexity index is 1310. The smallest absolute Gasteiger partial charge is 0.275 e. The molecule has 0 radical (unpaired) electrons. The van der Waals surface area contributed by atoms with Gasteiger partial charge in [-0.2, -0.15) is 0 Å². The molecule has 1 amide bonds. The number of unbranched alkanes of at least 4 members (excludes halogenated alkanes) is 1. The van der Waals surface area contributed by atoms with E-state index < -0.39 is 0 Å². The van der Waals surface area contributed by atoms with Gasteiger partial charge in [0.25, 0.3) is 5.91 Å². The Morgan fingerprint density at radius 1 is 0.889 bits per heavy atom. The summed E-state index contributed by atoms with van der Waals surface area (Å²) in [5.74, 6) is 1.24. The number of amides is 1. The molecule has 0 aliphatic rings. The minimum absolute atomic E-state index is 0.265. The van der Waals surface area contributed by atoms with Gasteiger partial charge < -0.3 is 19.7 Å². The van der Waals surface area contributed by atoms with Crippen molar-refractivity contribution in [3.63, 3.8) is 0 Å². The van der Waals surface area contributed by atoms with Gasteiger partial charge in [0, 0.05) is 12.2 Å². The molecule has 7 heteroatoms. The van der Waals surface area contributed by atoms with Crippen LogP contribution < -0.4 is 14.8 Å². The third kappa shape index (κ3) is 6.58. The molecule has 186 valence electrons. The van der Waals surface area contributed by atoms with Gasteiger partial charge in [-0.1, -0.05) is 30.3 Å². The summed E-state index contributed by atoms with van der Waals surface area (Å²) >= 11 is 0. The minimum Gasteiger partial charge on any atom is -0.493 e. The highest BCUT2D eigenvalue weighted by Gasteiger charge is 2.10. The number of ether oxygens (including phenoxy) is 2. The Balaban J connectivity index is 1.21. The van der Waals surface area contributed by atoms with Crippen molar-refractivity contribution < 1.29 is 14.3 Å². The standard InChI is InChI=1S/C29H32N4O3/c1-33(20-22-13-16-27(35-2)28(18-22)36-3)17-7-6-8-21-11-14-23(15-12-21)31-29(34)26-19-30-24-9-4-5-10-25(24)32-26/h4-5,9-16,18-19H,6-8,17,20H2,1-3H3,(H,31,34). The second kappa shape index (κ2) is 12.1. The molecule has 0 unspecified atom stereocenters. The predicted octanol–water partition coefficient (Wildman–Crippen LogP) is 5.35. The highest BCUT2D eigenvalue weighted by molar-refractivity contribution is 6.03. The number of anilines is 1. The number of rotatable bonds is 11. The molecule has 7 nitrogen and oxygen atoms in total. The van der Waals surface area contributed by atoms with Crippen molar-refractivity contribution in [3.8, 4) is 11.5 Å². The van der Waals surface area contributed by atoms with E-state index in [1.807, 2.05) is 48.5 Å². The largest absolute Gasteiger partial charge is 0.493 e. The van der Waals surface area contributed by atoms with Gasteiger partial charge in [-0.15, -0.1) is 0 Å². The summed E-state index contributed by atoms with van der Waals surface area (Å²) in [6.45, 7) is 1.87. The van der Waals surface area contributed by atoms with Gasteiger partial charge in [0.1, 0.15) is 5.69 Å². The zero-order chi connectivity index (χ0) is 25.3. The number of hydrogen-bond donors (Lipinski definition) is 1. The van der Waals surface area contributed by atoms with Crippen LogP contribution in [0.4, 0.5) is 5.69 Å². The van der Waals surface area contributed by atoms with Crippen LogP contribution in [0.25, 0.3) is 11.0 Å².